The lowest BCUT2D eigenvalue weighted by atomic mass is 10.2. The fraction of sp³-hybridized carbons (Fsp3) is 0.571. The molecule has 0 fully saturated rings. The van der Waals surface area contributed by atoms with Crippen LogP contribution in [0.3, 0.4) is 0 Å². The predicted molar refractivity (Wildman–Crippen MR) is 47.9 cm³/mol. The second kappa shape index (κ2) is 4.22. The third kappa shape index (κ3) is 2.91. The van der Waals surface area contributed by atoms with Crippen LogP contribution in [0.2, 0.25) is 0 Å². The maximum absolute atomic E-state index is 12.4. The zero-order valence-corrected chi connectivity index (χ0v) is 8.19. The van der Waals surface area contributed by atoms with Crippen molar-refractivity contribution in [2.24, 2.45) is 5.73 Å². The van der Waals surface area contributed by atoms with E-state index in [-0.39, 0.29) is 5.16 Å². The van der Waals surface area contributed by atoms with E-state index in [1.165, 1.54) is 19.3 Å². The summed E-state index contributed by atoms with van der Waals surface area (Å²) in [6, 6.07) is -0.968. The van der Waals surface area contributed by atoms with Crippen LogP contribution < -0.4 is 5.73 Å². The fourth-order valence-corrected chi connectivity index (χ4v) is 1.75. The monoisotopic (exact) mass is 225 g/mol. The minimum absolute atomic E-state index is 0.227. The molecule has 1 rings (SSSR count). The number of alkyl halides is 3. The van der Waals surface area contributed by atoms with Crippen LogP contribution >= 0.6 is 11.8 Å². The Balaban J connectivity index is 2.71. The van der Waals surface area contributed by atoms with E-state index in [2.05, 4.69) is 9.97 Å². The zero-order chi connectivity index (χ0) is 10.8. The number of aromatic amines is 1. The fourth-order valence-electron chi connectivity index (χ4n) is 0.908. The van der Waals surface area contributed by atoms with E-state index < -0.39 is 17.5 Å². The van der Waals surface area contributed by atoms with Crippen LogP contribution in [0.15, 0.2) is 17.6 Å². The van der Waals surface area contributed by atoms with Gasteiger partial charge in [0.15, 0.2) is 5.16 Å². The molecule has 0 bridgehead atoms. The van der Waals surface area contributed by atoms with Crippen molar-refractivity contribution in [3.05, 3.63) is 12.4 Å². The van der Waals surface area contributed by atoms with Crippen LogP contribution in [-0.4, -0.2) is 27.4 Å². The first-order chi connectivity index (χ1) is 6.41. The Morgan fingerprint density at radius 1 is 1.57 bits per heavy atom. The standard InChI is InChI=1S/C7H10F3N3S/c1-4(11)5(7(8,9)10)14-6-12-2-3-13-6/h2-5H,11H2,1H3,(H,12,13). The number of halogens is 3. The molecule has 0 saturated carbocycles. The van der Waals surface area contributed by atoms with Crippen LogP contribution in [-0.2, 0) is 0 Å². The Bertz CT molecular complexity index is 270. The van der Waals surface area contributed by atoms with Gasteiger partial charge in [-0.2, -0.15) is 13.2 Å². The second-order valence-corrected chi connectivity index (χ2v) is 3.96. The van der Waals surface area contributed by atoms with E-state index in [0.717, 1.165) is 0 Å². The number of thioether (sulfide) groups is 1. The minimum Gasteiger partial charge on any atom is -0.340 e. The summed E-state index contributed by atoms with van der Waals surface area (Å²) in [7, 11) is 0. The molecule has 0 spiro atoms. The molecular formula is C7H10F3N3S. The van der Waals surface area contributed by atoms with Gasteiger partial charge in [0.05, 0.1) is 0 Å². The molecule has 80 valence electrons. The summed E-state index contributed by atoms with van der Waals surface area (Å²) in [4.78, 5) is 6.29. The molecule has 14 heavy (non-hydrogen) atoms. The van der Waals surface area contributed by atoms with E-state index in [0.29, 0.717) is 11.8 Å². The molecule has 0 radical (unpaired) electrons. The number of rotatable bonds is 3. The quantitative estimate of drug-likeness (QED) is 0.771. The zero-order valence-electron chi connectivity index (χ0n) is 7.38. The lowest BCUT2D eigenvalue weighted by molar-refractivity contribution is -0.131. The molecule has 0 saturated heterocycles. The molecule has 1 aromatic rings. The first-order valence-electron chi connectivity index (χ1n) is 3.89. The smallest absolute Gasteiger partial charge is 0.340 e. The maximum atomic E-state index is 12.4. The Morgan fingerprint density at radius 2 is 2.21 bits per heavy atom. The first-order valence-corrected chi connectivity index (χ1v) is 4.77. The summed E-state index contributed by atoms with van der Waals surface area (Å²) in [5.74, 6) is 0. The number of nitrogens with two attached hydrogens (primary N) is 1. The van der Waals surface area contributed by atoms with Gasteiger partial charge in [-0.05, 0) is 6.92 Å². The first kappa shape index (κ1) is 11.4. The average molecular weight is 225 g/mol. The van der Waals surface area contributed by atoms with Gasteiger partial charge in [0, 0.05) is 18.4 Å². The van der Waals surface area contributed by atoms with Gasteiger partial charge in [0.2, 0.25) is 0 Å². The number of nitrogens with zero attached hydrogens (tertiary/aromatic N) is 1. The van der Waals surface area contributed by atoms with E-state index in [1.807, 2.05) is 0 Å². The Morgan fingerprint density at radius 3 is 2.57 bits per heavy atom. The number of nitrogens with one attached hydrogen (secondary N) is 1. The third-order valence-electron chi connectivity index (χ3n) is 1.51. The maximum Gasteiger partial charge on any atom is 0.402 e. The average Bonchev–Trinajstić information content (AvgIpc) is 2.48. The molecule has 7 heteroatoms. The van der Waals surface area contributed by atoms with Crippen molar-refractivity contribution < 1.29 is 13.2 Å². The Hall–Kier alpha value is -0.690. The van der Waals surface area contributed by atoms with Crippen molar-refractivity contribution >= 4 is 11.8 Å². The van der Waals surface area contributed by atoms with E-state index >= 15 is 0 Å². The second-order valence-electron chi connectivity index (χ2n) is 2.83. The van der Waals surface area contributed by atoms with Gasteiger partial charge in [0.25, 0.3) is 0 Å². The van der Waals surface area contributed by atoms with Gasteiger partial charge in [-0.25, -0.2) is 4.98 Å². The molecular weight excluding hydrogens is 215 g/mol. The summed E-state index contributed by atoms with van der Waals surface area (Å²) in [6.45, 7) is 1.33. The van der Waals surface area contributed by atoms with Gasteiger partial charge in [0.1, 0.15) is 5.25 Å². The number of H-pyrrole nitrogens is 1. The molecule has 0 aliphatic heterocycles. The number of imidazole rings is 1. The van der Waals surface area contributed by atoms with Crippen LogP contribution in [0, 0.1) is 0 Å². The largest absolute Gasteiger partial charge is 0.402 e. The third-order valence-corrected chi connectivity index (χ3v) is 2.91. The molecule has 0 aliphatic rings. The van der Waals surface area contributed by atoms with Crippen molar-refractivity contribution in [3.8, 4) is 0 Å². The lowest BCUT2D eigenvalue weighted by Crippen LogP contribution is -2.40. The van der Waals surface area contributed by atoms with Crippen LogP contribution in [0.1, 0.15) is 6.92 Å². The summed E-state index contributed by atoms with van der Waals surface area (Å²) >= 11 is 0.594. The molecule has 2 unspecified atom stereocenters. The molecule has 0 aliphatic carbocycles. The van der Waals surface area contributed by atoms with Gasteiger partial charge >= 0.3 is 6.18 Å². The normalized spacial score (nSPS) is 16.6. The van der Waals surface area contributed by atoms with E-state index in [4.69, 9.17) is 5.73 Å². The van der Waals surface area contributed by atoms with Crippen molar-refractivity contribution in [2.45, 2.75) is 29.5 Å². The SMILES string of the molecule is CC(N)C(Sc1ncc[nH]1)C(F)(F)F. The van der Waals surface area contributed by atoms with Gasteiger partial charge in [-0.3, -0.25) is 0 Å². The van der Waals surface area contributed by atoms with E-state index in [1.54, 1.807) is 0 Å². The van der Waals surface area contributed by atoms with Gasteiger partial charge in [-0.1, -0.05) is 11.8 Å². The van der Waals surface area contributed by atoms with E-state index in [9.17, 15) is 13.2 Å². The summed E-state index contributed by atoms with van der Waals surface area (Å²) in [5.41, 5.74) is 5.26. The number of aromatic nitrogens is 2. The molecule has 2 atom stereocenters. The highest BCUT2D eigenvalue weighted by Gasteiger charge is 2.43. The lowest BCUT2D eigenvalue weighted by Gasteiger charge is -2.21. The molecule has 1 aromatic heterocycles. The number of hydrogen-bond acceptors (Lipinski definition) is 3. The predicted octanol–water partition coefficient (Wildman–Crippen LogP) is 1.78. The highest BCUT2D eigenvalue weighted by atomic mass is 32.2. The summed E-state index contributed by atoms with van der Waals surface area (Å²) < 4.78 is 37.3. The molecule has 0 aromatic carbocycles. The van der Waals surface area contributed by atoms with Crippen LogP contribution in [0.5, 0.6) is 0 Å². The minimum atomic E-state index is -4.31. The van der Waals surface area contributed by atoms with Crippen molar-refractivity contribution in [3.63, 3.8) is 0 Å². The number of hydrogen-bond donors (Lipinski definition) is 2. The van der Waals surface area contributed by atoms with Crippen molar-refractivity contribution in [2.75, 3.05) is 0 Å². The molecule has 1 heterocycles. The Kier molecular flexibility index (Phi) is 3.43. The van der Waals surface area contributed by atoms with Crippen molar-refractivity contribution in [1.29, 1.82) is 0 Å². The summed E-state index contributed by atoms with van der Waals surface area (Å²) in [6.07, 6.45) is -1.44. The Labute approximate surface area is 83.3 Å². The van der Waals surface area contributed by atoms with Gasteiger partial charge in [-0.15, -0.1) is 0 Å². The highest BCUT2D eigenvalue weighted by molar-refractivity contribution is 7.99. The topological polar surface area (TPSA) is 54.7 Å². The molecule has 0 amide bonds. The summed E-state index contributed by atoms with van der Waals surface area (Å²) in [5, 5.41) is -1.40. The highest BCUT2D eigenvalue weighted by Crippen LogP contribution is 2.34. The molecule has 3 nitrogen and oxygen atoms in total. The van der Waals surface area contributed by atoms with Crippen molar-refractivity contribution in [1.82, 2.24) is 9.97 Å². The van der Waals surface area contributed by atoms with Crippen LogP contribution in [0.4, 0.5) is 13.2 Å². The molecule has 3 N–H and O–H groups in total. The van der Waals surface area contributed by atoms with Gasteiger partial charge < -0.3 is 10.7 Å². The van der Waals surface area contributed by atoms with Crippen LogP contribution in [0.25, 0.3) is 0 Å².